The van der Waals surface area contributed by atoms with Gasteiger partial charge in [-0.25, -0.2) is 9.97 Å². The van der Waals surface area contributed by atoms with Crippen molar-refractivity contribution in [3.63, 3.8) is 0 Å². The van der Waals surface area contributed by atoms with Crippen LogP contribution in [0.3, 0.4) is 0 Å². The number of nitrogens with zero attached hydrogens (tertiary/aromatic N) is 4. The smallest absolute Gasteiger partial charge is 0.239 e. The molecule has 1 aromatic heterocycles. The maximum atomic E-state index is 13.1. The van der Waals surface area contributed by atoms with E-state index in [9.17, 15) is 4.79 Å². The quantitative estimate of drug-likeness (QED) is 0.838. The lowest BCUT2D eigenvalue weighted by atomic mass is 9.77. The first kappa shape index (κ1) is 17.7. The van der Waals surface area contributed by atoms with Gasteiger partial charge in [-0.15, -0.1) is 0 Å². The molecule has 3 saturated heterocycles. The number of hydrogen-bond acceptors (Lipinski definition) is 6. The fourth-order valence-electron chi connectivity index (χ4n) is 4.88. The van der Waals surface area contributed by atoms with Crippen LogP contribution >= 0.6 is 0 Å². The Bertz CT molecular complexity index is 610. The maximum Gasteiger partial charge on any atom is 0.239 e. The van der Waals surface area contributed by atoms with Crippen molar-refractivity contribution in [3.8, 4) is 0 Å². The van der Waals surface area contributed by atoms with Crippen LogP contribution < -0.4 is 10.6 Å². The van der Waals surface area contributed by atoms with Crippen LogP contribution in [0.5, 0.6) is 0 Å². The summed E-state index contributed by atoms with van der Waals surface area (Å²) in [4.78, 5) is 26.0. The number of aromatic nitrogens is 2. The Kier molecular flexibility index (Phi) is 5.09. The van der Waals surface area contributed by atoms with Crippen LogP contribution in [0.15, 0.2) is 18.5 Å². The van der Waals surface area contributed by atoms with Crippen LogP contribution in [0.25, 0.3) is 0 Å². The van der Waals surface area contributed by atoms with Gasteiger partial charge in [0.1, 0.15) is 0 Å². The van der Waals surface area contributed by atoms with Gasteiger partial charge < -0.3 is 15.5 Å². The van der Waals surface area contributed by atoms with Gasteiger partial charge in [0.15, 0.2) is 0 Å². The minimum absolute atomic E-state index is 0.0649. The van der Waals surface area contributed by atoms with Gasteiger partial charge in [-0.1, -0.05) is 0 Å². The highest BCUT2D eigenvalue weighted by Crippen LogP contribution is 2.41. The van der Waals surface area contributed by atoms with Crippen LogP contribution in [0.2, 0.25) is 0 Å². The van der Waals surface area contributed by atoms with E-state index >= 15 is 0 Å². The second-order valence-corrected chi connectivity index (χ2v) is 8.20. The van der Waals surface area contributed by atoms with Gasteiger partial charge in [0.25, 0.3) is 0 Å². The zero-order chi connectivity index (χ0) is 18.0. The number of rotatable bonds is 3. The summed E-state index contributed by atoms with van der Waals surface area (Å²) in [5.41, 5.74) is 0.352. The number of likely N-dealkylation sites (tertiary alicyclic amines) is 2. The number of piperidine rings is 2. The van der Waals surface area contributed by atoms with E-state index in [0.29, 0.717) is 23.3 Å². The van der Waals surface area contributed by atoms with Gasteiger partial charge in [0, 0.05) is 38.1 Å². The fourth-order valence-corrected chi connectivity index (χ4v) is 4.88. The molecule has 4 heterocycles. The maximum absolute atomic E-state index is 13.1. The van der Waals surface area contributed by atoms with E-state index in [2.05, 4.69) is 37.4 Å². The molecule has 3 aliphatic heterocycles. The van der Waals surface area contributed by atoms with Crippen molar-refractivity contribution in [2.75, 3.05) is 45.1 Å². The molecule has 0 unspecified atom stereocenters. The van der Waals surface area contributed by atoms with Crippen molar-refractivity contribution in [1.29, 1.82) is 0 Å². The number of nitrogens with one attached hydrogen (secondary N) is 2. The Morgan fingerprint density at radius 2 is 1.92 bits per heavy atom. The molecule has 0 radical (unpaired) electrons. The van der Waals surface area contributed by atoms with E-state index in [1.807, 2.05) is 6.07 Å². The van der Waals surface area contributed by atoms with Gasteiger partial charge in [-0.2, -0.15) is 0 Å². The van der Waals surface area contributed by atoms with Crippen LogP contribution in [0, 0.1) is 5.41 Å². The monoisotopic (exact) mass is 358 g/mol. The number of likely N-dealkylation sites (N-methyl/N-ethyl adjacent to an activating group) is 1. The summed E-state index contributed by atoms with van der Waals surface area (Å²) < 4.78 is 0. The zero-order valence-corrected chi connectivity index (χ0v) is 15.7. The summed E-state index contributed by atoms with van der Waals surface area (Å²) in [7, 11) is 2.13. The number of carbonyl (C=O) groups excluding carboxylic acids is 1. The van der Waals surface area contributed by atoms with Gasteiger partial charge in [0.05, 0.1) is 6.04 Å². The van der Waals surface area contributed by atoms with Gasteiger partial charge in [-0.3, -0.25) is 9.69 Å². The molecule has 2 N–H and O–H groups in total. The molecule has 0 aromatic carbocycles. The molecule has 1 aromatic rings. The van der Waals surface area contributed by atoms with E-state index in [1.165, 1.54) is 12.8 Å². The summed E-state index contributed by atoms with van der Waals surface area (Å²) in [6.45, 7) is 4.89. The Hall–Kier alpha value is -1.73. The summed E-state index contributed by atoms with van der Waals surface area (Å²) in [5, 5.41) is 6.84. The first-order valence-electron chi connectivity index (χ1n) is 9.89. The van der Waals surface area contributed by atoms with Gasteiger partial charge in [0.2, 0.25) is 11.9 Å². The first-order valence-corrected chi connectivity index (χ1v) is 9.89. The standard InChI is InChI=1S/C19H30N6O/c1-24-14-19(5-9-20-10-6-19)13-16(24)17(26)25-11-3-15(4-12-25)23-18-21-7-2-8-22-18/h2,7-8,15-16,20H,3-6,9-14H2,1H3,(H,21,22,23)/t16-/m0/s1. The molecule has 0 saturated carbocycles. The molecule has 7 nitrogen and oxygen atoms in total. The molecular weight excluding hydrogens is 328 g/mol. The third-order valence-corrected chi connectivity index (χ3v) is 6.40. The van der Waals surface area contributed by atoms with Gasteiger partial charge >= 0.3 is 0 Å². The van der Waals surface area contributed by atoms with Gasteiger partial charge in [-0.05, 0) is 63.7 Å². The molecule has 26 heavy (non-hydrogen) atoms. The summed E-state index contributed by atoms with van der Waals surface area (Å²) in [5.74, 6) is 1.01. The topological polar surface area (TPSA) is 73.4 Å². The molecule has 0 aliphatic carbocycles. The molecule has 7 heteroatoms. The molecule has 1 amide bonds. The molecule has 142 valence electrons. The number of anilines is 1. The predicted molar refractivity (Wildman–Crippen MR) is 101 cm³/mol. The van der Waals surface area contributed by atoms with Crippen LogP contribution in [-0.4, -0.2) is 77.5 Å². The zero-order valence-electron chi connectivity index (χ0n) is 15.7. The lowest BCUT2D eigenvalue weighted by Gasteiger charge is -2.35. The molecule has 3 aliphatic rings. The van der Waals surface area contributed by atoms with Crippen molar-refractivity contribution in [1.82, 2.24) is 25.1 Å². The third kappa shape index (κ3) is 3.69. The van der Waals surface area contributed by atoms with Crippen molar-refractivity contribution < 1.29 is 4.79 Å². The van der Waals surface area contributed by atoms with E-state index in [-0.39, 0.29) is 6.04 Å². The lowest BCUT2D eigenvalue weighted by Crippen LogP contribution is -2.49. The Balaban J connectivity index is 1.31. The minimum atomic E-state index is 0.0649. The third-order valence-electron chi connectivity index (χ3n) is 6.40. The molecule has 1 spiro atoms. The largest absolute Gasteiger partial charge is 0.351 e. The number of amides is 1. The minimum Gasteiger partial charge on any atom is -0.351 e. The van der Waals surface area contributed by atoms with Crippen molar-refractivity contribution in [2.45, 2.75) is 44.2 Å². The summed E-state index contributed by atoms with van der Waals surface area (Å²) >= 11 is 0. The summed E-state index contributed by atoms with van der Waals surface area (Å²) in [6.07, 6.45) is 8.83. The lowest BCUT2D eigenvalue weighted by molar-refractivity contribution is -0.136. The molecular formula is C19H30N6O. The highest BCUT2D eigenvalue weighted by molar-refractivity contribution is 5.82. The molecule has 3 fully saturated rings. The normalized spacial score (nSPS) is 27.0. The predicted octanol–water partition coefficient (Wildman–Crippen LogP) is 0.953. The first-order chi connectivity index (χ1) is 12.7. The number of carbonyl (C=O) groups is 1. The second kappa shape index (κ2) is 7.48. The highest BCUT2D eigenvalue weighted by Gasteiger charge is 2.46. The van der Waals surface area contributed by atoms with Crippen LogP contribution in [-0.2, 0) is 4.79 Å². The SMILES string of the molecule is CN1CC2(CCNCC2)C[C@H]1C(=O)N1CCC(Nc2ncccn2)CC1. The average Bonchev–Trinajstić information content (AvgIpc) is 2.99. The van der Waals surface area contributed by atoms with Crippen LogP contribution in [0.4, 0.5) is 5.95 Å². The van der Waals surface area contributed by atoms with E-state index < -0.39 is 0 Å². The highest BCUT2D eigenvalue weighted by atomic mass is 16.2. The Morgan fingerprint density at radius 1 is 1.23 bits per heavy atom. The molecule has 4 rings (SSSR count). The van der Waals surface area contributed by atoms with E-state index in [1.54, 1.807) is 12.4 Å². The van der Waals surface area contributed by atoms with E-state index in [4.69, 9.17) is 0 Å². The average molecular weight is 358 g/mol. The Morgan fingerprint density at radius 3 is 2.62 bits per heavy atom. The molecule has 0 bridgehead atoms. The van der Waals surface area contributed by atoms with E-state index in [0.717, 1.165) is 52.0 Å². The Labute approximate surface area is 155 Å². The fraction of sp³-hybridized carbons (Fsp3) is 0.737. The van der Waals surface area contributed by atoms with Crippen molar-refractivity contribution >= 4 is 11.9 Å². The second-order valence-electron chi connectivity index (χ2n) is 8.20. The van der Waals surface area contributed by atoms with Crippen molar-refractivity contribution in [3.05, 3.63) is 18.5 Å². The summed E-state index contributed by atoms with van der Waals surface area (Å²) in [6, 6.07) is 2.23. The van der Waals surface area contributed by atoms with Crippen molar-refractivity contribution in [2.24, 2.45) is 5.41 Å². The van der Waals surface area contributed by atoms with Crippen LogP contribution in [0.1, 0.15) is 32.1 Å². The number of hydrogen-bond donors (Lipinski definition) is 2. The molecule has 1 atom stereocenters.